The Kier molecular flexibility index (Phi) is 5.32. The van der Waals surface area contributed by atoms with Gasteiger partial charge < -0.3 is 0 Å². The highest BCUT2D eigenvalue weighted by Gasteiger charge is 2.20. The molecule has 24 heavy (non-hydrogen) atoms. The molecule has 0 spiro atoms. The maximum absolute atomic E-state index is 12.3. The maximum atomic E-state index is 12.3. The summed E-state index contributed by atoms with van der Waals surface area (Å²) in [4.78, 5) is 0.0375. The molecule has 0 heterocycles. The zero-order chi connectivity index (χ0) is 18.0. The van der Waals surface area contributed by atoms with Gasteiger partial charge in [-0.15, -0.1) is 0 Å². The lowest BCUT2D eigenvalue weighted by molar-refractivity contribution is 0.520. The number of aryl methyl sites for hydroxylation is 1. The predicted molar refractivity (Wildman–Crippen MR) is 94.7 cm³/mol. The second kappa shape index (κ2) is 6.92. The summed E-state index contributed by atoms with van der Waals surface area (Å²) in [5.41, 5.74) is 1.55. The van der Waals surface area contributed by atoms with Crippen LogP contribution in [0.25, 0.3) is 0 Å². The van der Waals surface area contributed by atoms with E-state index in [0.29, 0.717) is 11.1 Å². The molecule has 0 amide bonds. The first kappa shape index (κ1) is 18.4. The average molecular weight is 368 g/mol. The van der Waals surface area contributed by atoms with Crippen molar-refractivity contribution in [2.24, 2.45) is 0 Å². The van der Waals surface area contributed by atoms with Crippen molar-refractivity contribution in [3.05, 3.63) is 59.7 Å². The van der Waals surface area contributed by atoms with Crippen LogP contribution in [0.15, 0.2) is 53.4 Å². The van der Waals surface area contributed by atoms with Crippen molar-refractivity contribution in [2.75, 3.05) is 18.8 Å². The van der Waals surface area contributed by atoms with Crippen LogP contribution >= 0.6 is 0 Å². The molecule has 2 aromatic rings. The van der Waals surface area contributed by atoms with Crippen molar-refractivity contribution >= 4 is 25.7 Å². The molecular formula is C16H20N2O4S2. The van der Waals surface area contributed by atoms with Gasteiger partial charge in [-0.25, -0.2) is 21.1 Å². The number of benzene rings is 2. The number of nitrogens with one attached hydrogen (secondary N) is 1. The zero-order valence-corrected chi connectivity index (χ0v) is 15.4. The number of sulfonamides is 2. The van der Waals surface area contributed by atoms with Gasteiger partial charge >= 0.3 is 0 Å². The van der Waals surface area contributed by atoms with E-state index in [2.05, 4.69) is 4.72 Å². The number of rotatable bonds is 6. The van der Waals surface area contributed by atoms with Crippen molar-refractivity contribution in [3.8, 4) is 0 Å². The topological polar surface area (TPSA) is 83.6 Å². The van der Waals surface area contributed by atoms with Crippen LogP contribution in [-0.2, 0) is 25.8 Å². The number of nitrogens with zero attached hydrogens (tertiary/aromatic N) is 1. The molecule has 0 saturated heterocycles. The van der Waals surface area contributed by atoms with Crippen LogP contribution in [0.4, 0.5) is 5.69 Å². The fourth-order valence-corrected chi connectivity index (χ4v) is 4.27. The smallest absolute Gasteiger partial charge is 0.242 e. The minimum absolute atomic E-state index is 0.0375. The molecule has 0 aromatic heterocycles. The third-order valence-electron chi connectivity index (χ3n) is 3.45. The summed E-state index contributed by atoms with van der Waals surface area (Å²) in [6.45, 7) is 1.71. The van der Waals surface area contributed by atoms with E-state index < -0.39 is 20.0 Å². The first-order valence-corrected chi connectivity index (χ1v) is 10.3. The molecule has 0 atom stereocenters. The summed E-state index contributed by atoms with van der Waals surface area (Å²) < 4.78 is 52.7. The van der Waals surface area contributed by atoms with E-state index in [1.165, 1.54) is 26.2 Å². The summed E-state index contributed by atoms with van der Waals surface area (Å²) in [5.74, 6) is -0.183. The highest BCUT2D eigenvalue weighted by molar-refractivity contribution is 7.92. The van der Waals surface area contributed by atoms with E-state index in [4.69, 9.17) is 0 Å². The van der Waals surface area contributed by atoms with Gasteiger partial charge in [0.2, 0.25) is 20.0 Å². The van der Waals surface area contributed by atoms with Gasteiger partial charge in [0, 0.05) is 14.1 Å². The Labute approximate surface area is 143 Å². The molecule has 0 bridgehead atoms. The Morgan fingerprint density at radius 1 is 0.958 bits per heavy atom. The zero-order valence-electron chi connectivity index (χ0n) is 13.7. The van der Waals surface area contributed by atoms with E-state index in [1.54, 1.807) is 37.3 Å². The summed E-state index contributed by atoms with van der Waals surface area (Å²) in [7, 11) is -4.43. The van der Waals surface area contributed by atoms with E-state index >= 15 is 0 Å². The maximum Gasteiger partial charge on any atom is 0.242 e. The minimum Gasteiger partial charge on any atom is -0.283 e. The molecule has 130 valence electrons. The molecule has 0 saturated carbocycles. The number of hydrogen-bond acceptors (Lipinski definition) is 4. The lowest BCUT2D eigenvalue weighted by Crippen LogP contribution is -2.22. The Balaban J connectivity index is 2.32. The minimum atomic E-state index is -3.65. The fourth-order valence-electron chi connectivity index (χ4n) is 2.08. The predicted octanol–water partition coefficient (Wildman–Crippen LogP) is 2.19. The molecule has 0 aliphatic rings. The SMILES string of the molecule is Cc1ccc(S(=O)(=O)N(C)C)cc1NS(=O)(=O)Cc1ccccc1. The van der Waals surface area contributed by atoms with Crippen molar-refractivity contribution in [1.82, 2.24) is 4.31 Å². The Morgan fingerprint density at radius 3 is 2.17 bits per heavy atom. The van der Waals surface area contributed by atoms with Crippen LogP contribution < -0.4 is 4.72 Å². The van der Waals surface area contributed by atoms with Crippen LogP contribution in [0.3, 0.4) is 0 Å². The van der Waals surface area contributed by atoms with Crippen LogP contribution in [0.5, 0.6) is 0 Å². The standard InChI is InChI=1S/C16H20N2O4S2/c1-13-9-10-15(24(21,22)18(2)3)11-16(13)17-23(19,20)12-14-7-5-4-6-8-14/h4-11,17H,12H2,1-3H3. The number of anilines is 1. The van der Waals surface area contributed by atoms with Gasteiger partial charge in [-0.1, -0.05) is 36.4 Å². The molecule has 0 fully saturated rings. The molecule has 8 heteroatoms. The van der Waals surface area contributed by atoms with E-state index in [1.807, 2.05) is 6.07 Å². The first-order chi connectivity index (χ1) is 11.1. The molecule has 1 N–H and O–H groups in total. The Bertz CT molecular complexity index is 922. The van der Waals surface area contributed by atoms with Crippen LogP contribution in [0.2, 0.25) is 0 Å². The second-order valence-corrected chi connectivity index (χ2v) is 9.49. The quantitative estimate of drug-likeness (QED) is 0.847. The van der Waals surface area contributed by atoms with Crippen LogP contribution in [-0.4, -0.2) is 35.2 Å². The lowest BCUT2D eigenvalue weighted by atomic mass is 10.2. The van der Waals surface area contributed by atoms with Gasteiger partial charge in [0.05, 0.1) is 16.3 Å². The van der Waals surface area contributed by atoms with Crippen molar-refractivity contribution in [1.29, 1.82) is 0 Å². The lowest BCUT2D eigenvalue weighted by Gasteiger charge is -2.15. The molecular weight excluding hydrogens is 348 g/mol. The third kappa shape index (κ3) is 4.34. The van der Waals surface area contributed by atoms with E-state index in [0.717, 1.165) is 4.31 Å². The summed E-state index contributed by atoms with van der Waals surface area (Å²) in [6.07, 6.45) is 0. The molecule has 0 radical (unpaired) electrons. The molecule has 6 nitrogen and oxygen atoms in total. The van der Waals surface area contributed by atoms with Gasteiger partial charge in [-0.2, -0.15) is 0 Å². The third-order valence-corrected chi connectivity index (χ3v) is 6.51. The van der Waals surface area contributed by atoms with Gasteiger partial charge in [0.1, 0.15) is 0 Å². The highest BCUT2D eigenvalue weighted by Crippen LogP contribution is 2.23. The Hall–Kier alpha value is -1.90. The van der Waals surface area contributed by atoms with Gasteiger partial charge in [-0.3, -0.25) is 4.72 Å². The normalized spacial score (nSPS) is 12.3. The van der Waals surface area contributed by atoms with Crippen molar-refractivity contribution in [2.45, 2.75) is 17.6 Å². The van der Waals surface area contributed by atoms with E-state index in [9.17, 15) is 16.8 Å². The van der Waals surface area contributed by atoms with Crippen LogP contribution in [0.1, 0.15) is 11.1 Å². The fraction of sp³-hybridized carbons (Fsp3) is 0.250. The van der Waals surface area contributed by atoms with Gasteiger partial charge in [0.25, 0.3) is 0 Å². The molecule has 2 rings (SSSR count). The van der Waals surface area contributed by atoms with Crippen molar-refractivity contribution < 1.29 is 16.8 Å². The summed E-state index contributed by atoms with van der Waals surface area (Å²) in [5, 5.41) is 0. The second-order valence-electron chi connectivity index (χ2n) is 5.61. The molecule has 0 aliphatic carbocycles. The molecule has 0 aliphatic heterocycles. The summed E-state index contributed by atoms with van der Waals surface area (Å²) in [6, 6.07) is 13.2. The number of hydrogen-bond donors (Lipinski definition) is 1. The Morgan fingerprint density at radius 2 is 1.58 bits per heavy atom. The van der Waals surface area contributed by atoms with E-state index in [-0.39, 0.29) is 16.3 Å². The highest BCUT2D eigenvalue weighted by atomic mass is 32.2. The molecule has 2 aromatic carbocycles. The molecule has 0 unspecified atom stereocenters. The van der Waals surface area contributed by atoms with Gasteiger partial charge in [0.15, 0.2) is 0 Å². The van der Waals surface area contributed by atoms with Gasteiger partial charge in [-0.05, 0) is 30.2 Å². The van der Waals surface area contributed by atoms with Crippen molar-refractivity contribution in [3.63, 3.8) is 0 Å². The largest absolute Gasteiger partial charge is 0.283 e. The first-order valence-electron chi connectivity index (χ1n) is 7.19. The summed E-state index contributed by atoms with van der Waals surface area (Å²) >= 11 is 0. The monoisotopic (exact) mass is 368 g/mol. The van der Waals surface area contributed by atoms with Crippen LogP contribution in [0, 0.1) is 6.92 Å². The average Bonchev–Trinajstić information content (AvgIpc) is 2.49.